The summed E-state index contributed by atoms with van der Waals surface area (Å²) in [6, 6.07) is 0. The molecule has 0 aliphatic heterocycles. The monoisotopic (exact) mass is 185 g/mol. The molecule has 0 radical (unpaired) electrons. The van der Waals surface area contributed by atoms with Gasteiger partial charge in [0.15, 0.2) is 11.4 Å². The highest BCUT2D eigenvalue weighted by Gasteiger charge is 2.23. The number of carboxylic acids is 2. The summed E-state index contributed by atoms with van der Waals surface area (Å²) >= 11 is 0. The lowest BCUT2D eigenvalue weighted by molar-refractivity contribution is 0.0641. The molecule has 0 unspecified atom stereocenters. The van der Waals surface area contributed by atoms with Crippen molar-refractivity contribution in [2.45, 2.75) is 0 Å². The van der Waals surface area contributed by atoms with Crippen LogP contribution in [0.15, 0.2) is 0 Å². The molecule has 1 rings (SSSR count). The van der Waals surface area contributed by atoms with Crippen molar-refractivity contribution in [2.75, 3.05) is 5.73 Å². The maximum atomic E-state index is 10.6. The van der Waals surface area contributed by atoms with Crippen molar-refractivity contribution in [3.8, 4) is 0 Å². The van der Waals surface area contributed by atoms with Crippen LogP contribution in [0.3, 0.4) is 0 Å². The standard InChI is InChI=1S/C6H7N3O4/c1-9-3(5(12)13)2(4(10)11)8-6(9)7/h1H3,(H2,7,8)(H,10,11)(H,12,13). The van der Waals surface area contributed by atoms with Gasteiger partial charge in [0.2, 0.25) is 5.95 Å². The number of carbonyl (C=O) groups is 2. The first-order chi connectivity index (χ1) is 5.95. The van der Waals surface area contributed by atoms with Crippen molar-refractivity contribution < 1.29 is 19.8 Å². The number of aromatic nitrogens is 2. The molecule has 1 aromatic rings. The summed E-state index contributed by atoms with van der Waals surface area (Å²) in [4.78, 5) is 24.5. The van der Waals surface area contributed by atoms with E-state index in [0.29, 0.717) is 0 Å². The van der Waals surface area contributed by atoms with Crippen LogP contribution in [0.25, 0.3) is 0 Å². The third kappa shape index (κ3) is 1.31. The molecular weight excluding hydrogens is 178 g/mol. The van der Waals surface area contributed by atoms with Crippen molar-refractivity contribution >= 4 is 17.9 Å². The molecule has 1 aromatic heterocycles. The van der Waals surface area contributed by atoms with E-state index in [4.69, 9.17) is 15.9 Å². The Kier molecular flexibility index (Phi) is 1.93. The number of anilines is 1. The van der Waals surface area contributed by atoms with Gasteiger partial charge in [-0.15, -0.1) is 0 Å². The molecule has 0 aliphatic carbocycles. The predicted molar refractivity (Wildman–Crippen MR) is 41.5 cm³/mol. The summed E-state index contributed by atoms with van der Waals surface area (Å²) < 4.78 is 1.01. The Morgan fingerprint density at radius 3 is 2.23 bits per heavy atom. The molecule has 0 aromatic carbocycles. The summed E-state index contributed by atoms with van der Waals surface area (Å²) in [7, 11) is 1.33. The summed E-state index contributed by atoms with van der Waals surface area (Å²) in [6.07, 6.45) is 0. The Morgan fingerprint density at radius 2 is 1.92 bits per heavy atom. The Balaban J connectivity index is 3.44. The normalized spacial score (nSPS) is 9.92. The molecule has 0 spiro atoms. The highest BCUT2D eigenvalue weighted by Crippen LogP contribution is 2.11. The Morgan fingerprint density at radius 1 is 1.38 bits per heavy atom. The highest BCUT2D eigenvalue weighted by molar-refractivity contribution is 5.99. The zero-order chi connectivity index (χ0) is 10.2. The molecule has 1 heterocycles. The number of aromatic carboxylic acids is 2. The van der Waals surface area contributed by atoms with Gasteiger partial charge in [0.25, 0.3) is 0 Å². The number of nitrogen functional groups attached to an aromatic ring is 1. The second kappa shape index (κ2) is 2.77. The van der Waals surface area contributed by atoms with Gasteiger partial charge in [0.05, 0.1) is 0 Å². The molecule has 0 saturated carbocycles. The van der Waals surface area contributed by atoms with Crippen molar-refractivity contribution in [1.29, 1.82) is 0 Å². The second-order valence-electron chi connectivity index (χ2n) is 2.34. The van der Waals surface area contributed by atoms with Crippen LogP contribution in [-0.2, 0) is 7.05 Å². The molecular formula is C6H7N3O4. The summed E-state index contributed by atoms with van der Waals surface area (Å²) in [6.45, 7) is 0. The van der Waals surface area contributed by atoms with Gasteiger partial charge in [-0.3, -0.25) is 0 Å². The Bertz CT molecular complexity index is 381. The minimum absolute atomic E-state index is 0.144. The van der Waals surface area contributed by atoms with E-state index in [-0.39, 0.29) is 5.95 Å². The lowest BCUT2D eigenvalue weighted by Crippen LogP contribution is -2.11. The fourth-order valence-electron chi connectivity index (χ4n) is 0.910. The lowest BCUT2D eigenvalue weighted by atomic mass is 10.3. The van der Waals surface area contributed by atoms with Crippen LogP contribution in [0.5, 0.6) is 0 Å². The van der Waals surface area contributed by atoms with E-state index in [1.54, 1.807) is 0 Å². The third-order valence-corrected chi connectivity index (χ3v) is 1.53. The topological polar surface area (TPSA) is 118 Å². The maximum absolute atomic E-state index is 10.6. The highest BCUT2D eigenvalue weighted by atomic mass is 16.4. The first-order valence-corrected chi connectivity index (χ1v) is 3.24. The van der Waals surface area contributed by atoms with Gasteiger partial charge in [-0.25, -0.2) is 14.6 Å². The molecule has 7 heteroatoms. The molecule has 0 atom stereocenters. The van der Waals surface area contributed by atoms with Crippen LogP contribution in [0, 0.1) is 0 Å². The number of rotatable bonds is 2. The first kappa shape index (κ1) is 9.04. The Hall–Kier alpha value is -2.05. The number of carboxylic acid groups (broad SMARTS) is 2. The zero-order valence-electron chi connectivity index (χ0n) is 6.68. The van der Waals surface area contributed by atoms with Crippen molar-refractivity contribution in [2.24, 2.45) is 7.05 Å². The number of nitrogens with zero attached hydrogens (tertiary/aromatic N) is 2. The van der Waals surface area contributed by atoms with E-state index in [2.05, 4.69) is 4.98 Å². The molecule has 0 amide bonds. The fraction of sp³-hybridized carbons (Fsp3) is 0.167. The number of hydrogen-bond acceptors (Lipinski definition) is 4. The molecule has 0 saturated heterocycles. The SMILES string of the molecule is Cn1c(N)nc(C(=O)O)c1C(=O)O. The van der Waals surface area contributed by atoms with Gasteiger partial charge in [0, 0.05) is 7.05 Å². The lowest BCUT2D eigenvalue weighted by Gasteiger charge is -1.97. The van der Waals surface area contributed by atoms with E-state index in [9.17, 15) is 9.59 Å². The smallest absolute Gasteiger partial charge is 0.357 e. The minimum Gasteiger partial charge on any atom is -0.476 e. The summed E-state index contributed by atoms with van der Waals surface area (Å²) in [5.74, 6) is -2.93. The van der Waals surface area contributed by atoms with Gasteiger partial charge in [-0.05, 0) is 0 Å². The molecule has 0 bridgehead atoms. The van der Waals surface area contributed by atoms with Crippen LogP contribution in [0.2, 0.25) is 0 Å². The fourth-order valence-corrected chi connectivity index (χ4v) is 0.910. The first-order valence-electron chi connectivity index (χ1n) is 3.24. The van der Waals surface area contributed by atoms with Crippen LogP contribution in [0.1, 0.15) is 21.0 Å². The maximum Gasteiger partial charge on any atom is 0.357 e. The van der Waals surface area contributed by atoms with Crippen molar-refractivity contribution in [3.05, 3.63) is 11.4 Å². The van der Waals surface area contributed by atoms with Gasteiger partial charge in [-0.1, -0.05) is 0 Å². The van der Waals surface area contributed by atoms with Gasteiger partial charge in [0.1, 0.15) is 0 Å². The Labute approximate surface area is 72.4 Å². The van der Waals surface area contributed by atoms with Crippen LogP contribution in [-0.4, -0.2) is 31.7 Å². The molecule has 70 valence electrons. The van der Waals surface area contributed by atoms with E-state index in [1.807, 2.05) is 0 Å². The third-order valence-electron chi connectivity index (χ3n) is 1.53. The molecule has 13 heavy (non-hydrogen) atoms. The number of hydrogen-bond donors (Lipinski definition) is 3. The summed E-state index contributed by atoms with van der Waals surface area (Å²) in [5.41, 5.74) is 4.27. The minimum atomic E-state index is -1.41. The average molecular weight is 185 g/mol. The van der Waals surface area contributed by atoms with Crippen LogP contribution >= 0.6 is 0 Å². The number of imidazole rings is 1. The van der Waals surface area contributed by atoms with E-state index in [1.165, 1.54) is 7.05 Å². The average Bonchev–Trinajstić information content (AvgIpc) is 2.28. The predicted octanol–water partition coefficient (Wildman–Crippen LogP) is -0.601. The second-order valence-corrected chi connectivity index (χ2v) is 2.34. The van der Waals surface area contributed by atoms with Crippen LogP contribution in [0.4, 0.5) is 5.95 Å². The molecule has 7 nitrogen and oxygen atoms in total. The van der Waals surface area contributed by atoms with Crippen molar-refractivity contribution in [1.82, 2.24) is 9.55 Å². The summed E-state index contributed by atoms with van der Waals surface area (Å²) in [5, 5.41) is 17.2. The molecule has 0 aliphatic rings. The molecule has 4 N–H and O–H groups in total. The van der Waals surface area contributed by atoms with Crippen molar-refractivity contribution in [3.63, 3.8) is 0 Å². The van der Waals surface area contributed by atoms with Crippen LogP contribution < -0.4 is 5.73 Å². The zero-order valence-corrected chi connectivity index (χ0v) is 6.68. The number of nitrogens with two attached hydrogens (primary N) is 1. The van der Waals surface area contributed by atoms with E-state index < -0.39 is 23.3 Å². The van der Waals surface area contributed by atoms with Gasteiger partial charge >= 0.3 is 11.9 Å². The van der Waals surface area contributed by atoms with E-state index >= 15 is 0 Å². The van der Waals surface area contributed by atoms with Gasteiger partial charge < -0.3 is 20.5 Å². The quantitative estimate of drug-likeness (QED) is 0.566. The molecule has 0 fully saturated rings. The van der Waals surface area contributed by atoms with Gasteiger partial charge in [-0.2, -0.15) is 0 Å². The largest absolute Gasteiger partial charge is 0.476 e. The van der Waals surface area contributed by atoms with E-state index in [0.717, 1.165) is 4.57 Å².